The van der Waals surface area contributed by atoms with Gasteiger partial charge >= 0.3 is 0 Å². The summed E-state index contributed by atoms with van der Waals surface area (Å²) < 4.78 is 33.1. The number of benzene rings is 2. The molecule has 2 saturated heterocycles. The van der Waals surface area contributed by atoms with Crippen molar-refractivity contribution in [1.29, 1.82) is 0 Å². The van der Waals surface area contributed by atoms with Gasteiger partial charge in [0, 0.05) is 79.5 Å². The van der Waals surface area contributed by atoms with Gasteiger partial charge < -0.3 is 24.0 Å². The molecule has 1 amide bonds. The monoisotopic (exact) mass is 704 g/mol. The minimum absolute atomic E-state index is 0.0477. The largest absolute Gasteiger partial charge is 0.490 e. The molecule has 4 aromatic rings. The number of aromatic nitrogens is 3. The van der Waals surface area contributed by atoms with Gasteiger partial charge in [-0.15, -0.1) is 0 Å². The molecule has 3 aliphatic heterocycles. The van der Waals surface area contributed by atoms with E-state index in [2.05, 4.69) is 55.1 Å². The van der Waals surface area contributed by atoms with Crippen LogP contribution >= 0.6 is 0 Å². The Balaban J connectivity index is 0.845. The highest BCUT2D eigenvalue weighted by molar-refractivity contribution is 5.97. The molecule has 0 N–H and O–H groups in total. The molecule has 0 bridgehead atoms. The van der Waals surface area contributed by atoms with Crippen LogP contribution in [0, 0.1) is 16.6 Å². The SMILES string of the molecule is CC(C)N(C(=O)c1cc(F)ccc1Oc1cncnc1N1CC2(CC(Oc3ccnc4c3CN(Cc3ccccc3)CC4)C2)C1)C1CC2(COC2)C1. The van der Waals surface area contributed by atoms with Crippen molar-refractivity contribution in [2.75, 3.05) is 37.7 Å². The van der Waals surface area contributed by atoms with Gasteiger partial charge in [-0.1, -0.05) is 30.3 Å². The third kappa shape index (κ3) is 6.17. The molecule has 0 unspecified atom stereocenters. The van der Waals surface area contributed by atoms with E-state index in [1.54, 1.807) is 6.20 Å². The minimum Gasteiger partial charge on any atom is -0.490 e. The smallest absolute Gasteiger partial charge is 0.258 e. The maximum absolute atomic E-state index is 14.7. The standard InChI is InChI=1S/C41H45FN6O4/c1-27(2)48(30-15-41(16-30)24-50-25-41)39(49)32-14-29(42)8-9-35(32)52-37-19-43-26-45-38(37)47-22-40(23-47)17-31(18-40)51-36-10-12-44-34-11-13-46(21-33(34)36)20-28-6-4-3-5-7-28/h3-10,12,14,19,26-27,30-31H,11,13,15-18,20-25H2,1-2H3. The number of nitrogens with zero attached hydrogens (tertiary/aromatic N) is 6. The Morgan fingerprint density at radius 1 is 1.00 bits per heavy atom. The van der Waals surface area contributed by atoms with Crippen LogP contribution in [0.1, 0.15) is 66.7 Å². The summed E-state index contributed by atoms with van der Waals surface area (Å²) in [7, 11) is 0. The molecule has 0 radical (unpaired) electrons. The van der Waals surface area contributed by atoms with E-state index in [4.69, 9.17) is 14.2 Å². The van der Waals surface area contributed by atoms with Gasteiger partial charge in [-0.2, -0.15) is 0 Å². The number of amides is 1. The maximum Gasteiger partial charge on any atom is 0.258 e. The van der Waals surface area contributed by atoms with Crippen LogP contribution < -0.4 is 14.4 Å². The Hall–Kier alpha value is -4.61. The van der Waals surface area contributed by atoms with Crippen molar-refractivity contribution in [3.63, 3.8) is 0 Å². The summed E-state index contributed by atoms with van der Waals surface area (Å²) in [5.41, 5.74) is 4.22. The molecular weight excluding hydrogens is 659 g/mol. The van der Waals surface area contributed by atoms with Gasteiger partial charge in [0.25, 0.3) is 5.91 Å². The summed E-state index contributed by atoms with van der Waals surface area (Å²) in [6.45, 7) is 9.90. The van der Waals surface area contributed by atoms with Crippen molar-refractivity contribution in [2.45, 2.75) is 77.2 Å². The third-order valence-corrected chi connectivity index (χ3v) is 11.8. The molecule has 11 heteroatoms. The van der Waals surface area contributed by atoms with Crippen LogP contribution in [0.2, 0.25) is 0 Å². The lowest BCUT2D eigenvalue weighted by Gasteiger charge is -2.59. The van der Waals surface area contributed by atoms with E-state index in [0.29, 0.717) is 17.3 Å². The zero-order chi connectivity index (χ0) is 35.5. The van der Waals surface area contributed by atoms with E-state index >= 15 is 0 Å². The van der Waals surface area contributed by atoms with Crippen LogP contribution in [-0.4, -0.2) is 81.7 Å². The Morgan fingerprint density at radius 2 is 1.81 bits per heavy atom. The topological polar surface area (TPSA) is 93.2 Å². The first-order chi connectivity index (χ1) is 25.3. The van der Waals surface area contributed by atoms with E-state index in [1.807, 2.05) is 31.0 Å². The molecule has 2 aromatic heterocycles. The first-order valence-electron chi connectivity index (χ1n) is 18.6. The van der Waals surface area contributed by atoms with Crippen molar-refractivity contribution < 1.29 is 23.4 Å². The van der Waals surface area contributed by atoms with E-state index < -0.39 is 5.82 Å². The molecule has 270 valence electrons. The number of hydrogen-bond acceptors (Lipinski definition) is 9. The summed E-state index contributed by atoms with van der Waals surface area (Å²) in [6, 6.07) is 16.8. The number of fused-ring (bicyclic) bond motifs is 1. The molecule has 52 heavy (non-hydrogen) atoms. The fraction of sp³-hybridized carbons (Fsp3) is 0.463. The van der Waals surface area contributed by atoms with Gasteiger partial charge in [-0.25, -0.2) is 14.4 Å². The second-order valence-corrected chi connectivity index (χ2v) is 16.0. The zero-order valence-corrected chi connectivity index (χ0v) is 29.8. The highest BCUT2D eigenvalue weighted by atomic mass is 19.1. The van der Waals surface area contributed by atoms with Gasteiger partial charge in [0.1, 0.15) is 29.7 Å². The number of rotatable bonds is 10. The van der Waals surface area contributed by atoms with Gasteiger partial charge in [0.05, 0.1) is 25.0 Å². The summed E-state index contributed by atoms with van der Waals surface area (Å²) in [6.07, 6.45) is 9.83. The predicted molar refractivity (Wildman–Crippen MR) is 193 cm³/mol. The summed E-state index contributed by atoms with van der Waals surface area (Å²) in [5.74, 6) is 1.65. The van der Waals surface area contributed by atoms with Gasteiger partial charge in [0.2, 0.25) is 0 Å². The van der Waals surface area contributed by atoms with Crippen LogP contribution in [0.25, 0.3) is 0 Å². The number of ether oxygens (including phenoxy) is 3. The van der Waals surface area contributed by atoms with E-state index in [-0.39, 0.29) is 40.5 Å². The third-order valence-electron chi connectivity index (χ3n) is 11.8. The van der Waals surface area contributed by atoms with E-state index in [9.17, 15) is 9.18 Å². The van der Waals surface area contributed by atoms with Crippen LogP contribution in [0.5, 0.6) is 17.2 Å². The minimum atomic E-state index is -0.482. The Bertz CT molecular complexity index is 1950. The molecule has 5 heterocycles. The predicted octanol–water partition coefficient (Wildman–Crippen LogP) is 6.44. The lowest BCUT2D eigenvalue weighted by Crippen LogP contribution is -2.65. The zero-order valence-electron chi connectivity index (χ0n) is 29.8. The molecule has 9 rings (SSSR count). The fourth-order valence-electron chi connectivity index (χ4n) is 9.12. The van der Waals surface area contributed by atoms with Crippen molar-refractivity contribution >= 4 is 11.7 Å². The number of hydrogen-bond donors (Lipinski definition) is 0. The van der Waals surface area contributed by atoms with Crippen LogP contribution in [0.15, 0.2) is 73.3 Å². The molecule has 0 atom stereocenters. The number of halogens is 1. The first-order valence-corrected chi connectivity index (χ1v) is 18.6. The lowest BCUT2D eigenvalue weighted by atomic mass is 9.61. The molecule has 2 aliphatic carbocycles. The Morgan fingerprint density at radius 3 is 2.56 bits per heavy atom. The van der Waals surface area contributed by atoms with E-state index in [0.717, 1.165) is 89.5 Å². The Labute approximate surface area is 303 Å². The van der Waals surface area contributed by atoms with Crippen LogP contribution in [-0.2, 0) is 24.2 Å². The average Bonchev–Trinajstić information content (AvgIpc) is 3.07. The number of carbonyl (C=O) groups is 1. The Kier molecular flexibility index (Phi) is 8.38. The second kappa shape index (κ2) is 13.1. The summed E-state index contributed by atoms with van der Waals surface area (Å²) in [4.78, 5) is 34.1. The number of carbonyl (C=O) groups excluding carboxylic acids is 1. The van der Waals surface area contributed by atoms with Crippen molar-refractivity contribution in [2.24, 2.45) is 10.8 Å². The number of pyridine rings is 1. The van der Waals surface area contributed by atoms with Crippen molar-refractivity contribution in [3.8, 4) is 17.2 Å². The highest BCUT2D eigenvalue weighted by Gasteiger charge is 2.55. The second-order valence-electron chi connectivity index (χ2n) is 16.0. The van der Waals surface area contributed by atoms with Crippen molar-refractivity contribution in [1.82, 2.24) is 24.8 Å². The summed E-state index contributed by atoms with van der Waals surface area (Å²) >= 11 is 0. The van der Waals surface area contributed by atoms with Gasteiger partial charge in [-0.05, 0) is 69.4 Å². The maximum atomic E-state index is 14.7. The van der Waals surface area contributed by atoms with E-state index in [1.165, 1.54) is 35.7 Å². The molecule has 4 fully saturated rings. The van der Waals surface area contributed by atoms with Crippen LogP contribution in [0.3, 0.4) is 0 Å². The van der Waals surface area contributed by atoms with Crippen LogP contribution in [0.4, 0.5) is 10.2 Å². The average molecular weight is 705 g/mol. The molecule has 2 spiro atoms. The fourth-order valence-corrected chi connectivity index (χ4v) is 9.12. The first kappa shape index (κ1) is 33.2. The molecular formula is C41H45FN6O4. The highest BCUT2D eigenvalue weighted by Crippen LogP contribution is 2.53. The number of anilines is 1. The summed E-state index contributed by atoms with van der Waals surface area (Å²) in [5, 5.41) is 0. The molecule has 10 nitrogen and oxygen atoms in total. The molecule has 2 saturated carbocycles. The normalized spacial score (nSPS) is 21.5. The quantitative estimate of drug-likeness (QED) is 0.185. The van der Waals surface area contributed by atoms with Crippen molar-refractivity contribution in [3.05, 3.63) is 102 Å². The molecule has 5 aliphatic rings. The van der Waals surface area contributed by atoms with Gasteiger partial charge in [-0.3, -0.25) is 14.7 Å². The van der Waals surface area contributed by atoms with Gasteiger partial charge in [0.15, 0.2) is 11.6 Å². The lowest BCUT2D eigenvalue weighted by molar-refractivity contribution is -0.181. The molecule has 2 aromatic carbocycles.